The van der Waals surface area contributed by atoms with E-state index in [0.717, 1.165) is 5.92 Å². The minimum Gasteiger partial charge on any atom is -0.0785 e. The molecule has 0 N–H and O–H groups in total. The van der Waals surface area contributed by atoms with Gasteiger partial charge in [0.25, 0.3) is 0 Å². The molecule has 1 fully saturated rings. The van der Waals surface area contributed by atoms with E-state index in [1.807, 2.05) is 0 Å². The van der Waals surface area contributed by atoms with Gasteiger partial charge < -0.3 is 0 Å². The third kappa shape index (κ3) is 5.71. The molecule has 0 bridgehead atoms. The fourth-order valence-corrected chi connectivity index (χ4v) is 2.59. The largest absolute Gasteiger partial charge is 0.0785 e. The highest BCUT2D eigenvalue weighted by Crippen LogP contribution is 2.27. The van der Waals surface area contributed by atoms with Gasteiger partial charge in [0.1, 0.15) is 0 Å². The maximum atomic E-state index is 2.30. The second-order valence-electron chi connectivity index (χ2n) is 4.15. The average molecular weight is 292 g/mol. The van der Waals surface area contributed by atoms with Gasteiger partial charge in [-0.15, -0.1) is 0 Å². The second-order valence-corrected chi connectivity index (χ2v) is 4.87. The normalized spacial score (nSPS) is 19.8. The summed E-state index contributed by atoms with van der Waals surface area (Å²) in [7, 11) is 0. The van der Waals surface area contributed by atoms with Crippen LogP contribution in [0.1, 0.15) is 57.8 Å². The molecular weight excluding hydrogens is 271 g/mol. The van der Waals surface area contributed by atoms with Crippen molar-refractivity contribution in [2.24, 2.45) is 5.92 Å². The van der Waals surface area contributed by atoms with Crippen LogP contribution < -0.4 is 0 Å². The van der Waals surface area contributed by atoms with Gasteiger partial charge in [0.05, 0.1) is 0 Å². The maximum Gasteiger partial charge on any atom is -0.0274 e. The van der Waals surface area contributed by atoms with Crippen molar-refractivity contribution >= 4 is 22.6 Å². The van der Waals surface area contributed by atoms with Crippen LogP contribution in [0.15, 0.2) is 10.2 Å². The molecule has 1 heteroatoms. The molecule has 1 saturated carbocycles. The highest BCUT2D eigenvalue weighted by Gasteiger charge is 2.11. The molecule has 0 heterocycles. The Hall–Kier alpha value is 0.470. The summed E-state index contributed by atoms with van der Waals surface area (Å²) in [4.78, 5) is 0. The molecule has 0 aliphatic heterocycles. The molecule has 1 rings (SSSR count). The van der Waals surface area contributed by atoms with E-state index < -0.39 is 0 Å². The van der Waals surface area contributed by atoms with Gasteiger partial charge in [-0.2, -0.15) is 0 Å². The minimum absolute atomic E-state index is 1.08. The second kappa shape index (κ2) is 7.84. The standard InChI is InChI=1S/C12H21I/c13-11-7-2-1-4-8-12-9-5-3-6-10-12/h7,11-12H,1-6,8-10H2. The van der Waals surface area contributed by atoms with Crippen LogP contribution in [0.25, 0.3) is 0 Å². The van der Waals surface area contributed by atoms with E-state index in [1.165, 1.54) is 57.8 Å². The number of hydrogen-bond donors (Lipinski definition) is 0. The van der Waals surface area contributed by atoms with Crippen LogP contribution in [0, 0.1) is 5.92 Å². The molecule has 0 atom stereocenters. The average Bonchev–Trinajstić information content (AvgIpc) is 2.19. The van der Waals surface area contributed by atoms with E-state index in [9.17, 15) is 0 Å². The first kappa shape index (κ1) is 11.5. The van der Waals surface area contributed by atoms with Crippen molar-refractivity contribution in [3.63, 3.8) is 0 Å². The number of halogens is 1. The zero-order valence-corrected chi connectivity index (χ0v) is 10.6. The lowest BCUT2D eigenvalue weighted by atomic mass is 9.86. The van der Waals surface area contributed by atoms with Crippen molar-refractivity contribution in [1.29, 1.82) is 0 Å². The fraction of sp³-hybridized carbons (Fsp3) is 0.833. The molecule has 0 aromatic carbocycles. The molecule has 0 aromatic heterocycles. The van der Waals surface area contributed by atoms with Gasteiger partial charge in [-0.25, -0.2) is 0 Å². The van der Waals surface area contributed by atoms with Gasteiger partial charge >= 0.3 is 0 Å². The molecule has 0 nitrogen and oxygen atoms in total. The van der Waals surface area contributed by atoms with Crippen molar-refractivity contribution in [3.05, 3.63) is 10.2 Å². The Balaban J connectivity index is 1.92. The van der Waals surface area contributed by atoms with Crippen LogP contribution in [0.3, 0.4) is 0 Å². The molecule has 0 spiro atoms. The van der Waals surface area contributed by atoms with Gasteiger partial charge in [-0.1, -0.05) is 73.6 Å². The van der Waals surface area contributed by atoms with Crippen molar-refractivity contribution in [3.8, 4) is 0 Å². The highest BCUT2D eigenvalue weighted by atomic mass is 127. The first-order valence-corrected chi connectivity index (χ1v) is 6.93. The minimum atomic E-state index is 1.08. The number of allylic oxidation sites excluding steroid dienone is 1. The van der Waals surface area contributed by atoms with Gasteiger partial charge in [0, 0.05) is 0 Å². The molecule has 13 heavy (non-hydrogen) atoms. The van der Waals surface area contributed by atoms with Crippen LogP contribution in [-0.4, -0.2) is 0 Å². The lowest BCUT2D eigenvalue weighted by Crippen LogP contribution is -2.05. The Bertz CT molecular complexity index is 134. The van der Waals surface area contributed by atoms with E-state index in [4.69, 9.17) is 0 Å². The Morgan fingerprint density at radius 2 is 1.85 bits per heavy atom. The zero-order chi connectivity index (χ0) is 9.36. The molecule has 1 aliphatic rings. The Labute approximate surface area is 96.3 Å². The highest BCUT2D eigenvalue weighted by molar-refractivity contribution is 14.1. The molecule has 76 valence electrons. The molecule has 0 radical (unpaired) electrons. The van der Waals surface area contributed by atoms with Crippen LogP contribution >= 0.6 is 22.6 Å². The topological polar surface area (TPSA) is 0 Å². The SMILES string of the molecule is IC=CCCCCC1CCCCC1. The molecule has 0 unspecified atom stereocenters. The summed E-state index contributed by atoms with van der Waals surface area (Å²) in [6.45, 7) is 0. The Kier molecular flexibility index (Phi) is 6.96. The molecule has 0 aromatic rings. The number of rotatable bonds is 5. The zero-order valence-electron chi connectivity index (χ0n) is 8.47. The summed E-state index contributed by atoms with van der Waals surface area (Å²) in [6, 6.07) is 0. The molecule has 0 amide bonds. The lowest BCUT2D eigenvalue weighted by Gasteiger charge is -2.20. The third-order valence-corrected chi connectivity index (χ3v) is 3.56. The van der Waals surface area contributed by atoms with Gasteiger partial charge in [0.2, 0.25) is 0 Å². The van der Waals surface area contributed by atoms with Crippen molar-refractivity contribution in [1.82, 2.24) is 0 Å². The summed E-state index contributed by atoms with van der Waals surface area (Å²) < 4.78 is 2.14. The van der Waals surface area contributed by atoms with E-state index >= 15 is 0 Å². The molecule has 1 aliphatic carbocycles. The van der Waals surface area contributed by atoms with Crippen LogP contribution in [-0.2, 0) is 0 Å². The monoisotopic (exact) mass is 292 g/mol. The Morgan fingerprint density at radius 1 is 1.08 bits per heavy atom. The maximum absolute atomic E-state index is 2.30. The predicted molar refractivity (Wildman–Crippen MR) is 68.2 cm³/mol. The molecule has 0 saturated heterocycles. The number of unbranched alkanes of at least 4 members (excludes halogenated alkanes) is 2. The fourth-order valence-electron chi connectivity index (χ4n) is 2.23. The van der Waals surface area contributed by atoms with Crippen molar-refractivity contribution in [2.75, 3.05) is 0 Å². The summed E-state index contributed by atoms with van der Waals surface area (Å²) in [6.07, 6.45) is 15.4. The lowest BCUT2D eigenvalue weighted by molar-refractivity contribution is 0.330. The van der Waals surface area contributed by atoms with E-state index in [2.05, 4.69) is 32.7 Å². The van der Waals surface area contributed by atoms with Crippen molar-refractivity contribution < 1.29 is 0 Å². The van der Waals surface area contributed by atoms with Gasteiger partial charge in [-0.3, -0.25) is 0 Å². The smallest absolute Gasteiger partial charge is 0.0274 e. The first-order valence-electron chi connectivity index (χ1n) is 5.68. The van der Waals surface area contributed by atoms with E-state index in [1.54, 1.807) is 0 Å². The predicted octanol–water partition coefficient (Wildman–Crippen LogP) is 5.08. The first-order chi connectivity index (χ1) is 6.43. The van der Waals surface area contributed by atoms with Crippen molar-refractivity contribution in [2.45, 2.75) is 57.8 Å². The quantitative estimate of drug-likeness (QED) is 0.490. The van der Waals surface area contributed by atoms with Crippen LogP contribution in [0.4, 0.5) is 0 Å². The van der Waals surface area contributed by atoms with E-state index in [-0.39, 0.29) is 0 Å². The summed E-state index contributed by atoms with van der Waals surface area (Å²) in [5.41, 5.74) is 0. The van der Waals surface area contributed by atoms with Crippen LogP contribution in [0.2, 0.25) is 0 Å². The van der Waals surface area contributed by atoms with Gasteiger partial charge in [0.15, 0.2) is 0 Å². The van der Waals surface area contributed by atoms with Crippen LogP contribution in [0.5, 0.6) is 0 Å². The van der Waals surface area contributed by atoms with E-state index in [0.29, 0.717) is 0 Å². The third-order valence-electron chi connectivity index (χ3n) is 3.05. The Morgan fingerprint density at radius 3 is 2.54 bits per heavy atom. The summed E-state index contributed by atoms with van der Waals surface area (Å²) in [5, 5.41) is 0. The summed E-state index contributed by atoms with van der Waals surface area (Å²) in [5.74, 6) is 1.08. The number of hydrogen-bond acceptors (Lipinski definition) is 0. The van der Waals surface area contributed by atoms with Gasteiger partial charge in [-0.05, 0) is 22.8 Å². The molecular formula is C12H21I. The summed E-state index contributed by atoms with van der Waals surface area (Å²) >= 11 is 2.30.